The molecule has 2 N–H and O–H groups in total. The molecule has 0 aromatic rings. The van der Waals surface area contributed by atoms with E-state index in [-0.39, 0.29) is 0 Å². The van der Waals surface area contributed by atoms with Crippen molar-refractivity contribution in [3.63, 3.8) is 0 Å². The van der Waals surface area contributed by atoms with Crippen LogP contribution in [0.4, 0.5) is 0 Å². The fraction of sp³-hybridized carbons (Fsp3) is 1.00. The van der Waals surface area contributed by atoms with E-state index in [4.69, 9.17) is 0 Å². The fourth-order valence-electron chi connectivity index (χ4n) is 2.16. The maximum atomic E-state index is 3.52. The highest BCUT2D eigenvalue weighted by atomic mass is 15.0. The molecule has 1 aliphatic rings. The molecular formula is C15H32N2. The second kappa shape index (κ2) is 11.0. The summed E-state index contributed by atoms with van der Waals surface area (Å²) in [7, 11) is 0. The van der Waals surface area contributed by atoms with Crippen LogP contribution in [0.15, 0.2) is 0 Å². The molecule has 1 saturated carbocycles. The van der Waals surface area contributed by atoms with Crippen molar-refractivity contribution in [2.45, 2.75) is 77.2 Å². The second-order valence-electron chi connectivity index (χ2n) is 5.45. The van der Waals surface area contributed by atoms with E-state index < -0.39 is 0 Å². The third-order valence-electron chi connectivity index (χ3n) is 3.52. The lowest BCUT2D eigenvalue weighted by Crippen LogP contribution is -2.29. The normalized spacial score (nSPS) is 15.4. The lowest BCUT2D eigenvalue weighted by Gasteiger charge is -2.05. The van der Waals surface area contributed by atoms with Gasteiger partial charge in [0.15, 0.2) is 0 Å². The molecule has 0 amide bonds. The quantitative estimate of drug-likeness (QED) is 0.482. The smallest absolute Gasteiger partial charge is 0.00793 e. The van der Waals surface area contributed by atoms with Crippen LogP contribution in [0.25, 0.3) is 0 Å². The van der Waals surface area contributed by atoms with Crippen LogP contribution in [-0.4, -0.2) is 25.7 Å². The third-order valence-corrected chi connectivity index (χ3v) is 3.52. The molecule has 1 aliphatic carbocycles. The van der Waals surface area contributed by atoms with Crippen LogP contribution in [0.1, 0.15) is 71.1 Å². The predicted octanol–water partition coefficient (Wildman–Crippen LogP) is 3.47. The Morgan fingerprint density at radius 2 is 1.41 bits per heavy atom. The summed E-state index contributed by atoms with van der Waals surface area (Å²) in [5, 5.41) is 7.04. The van der Waals surface area contributed by atoms with Crippen molar-refractivity contribution < 1.29 is 0 Å². The Morgan fingerprint density at radius 3 is 2.06 bits per heavy atom. The summed E-state index contributed by atoms with van der Waals surface area (Å²) in [5.41, 5.74) is 0. The maximum Gasteiger partial charge on any atom is 0.00793 e. The van der Waals surface area contributed by atoms with Crippen molar-refractivity contribution in [2.75, 3.05) is 19.6 Å². The molecule has 1 fully saturated rings. The van der Waals surface area contributed by atoms with Gasteiger partial charge in [-0.3, -0.25) is 0 Å². The van der Waals surface area contributed by atoms with Crippen LogP contribution in [0.5, 0.6) is 0 Å². The minimum absolute atomic E-state index is 0.861. The number of nitrogens with one attached hydrogen (secondary N) is 2. The second-order valence-corrected chi connectivity index (χ2v) is 5.45. The summed E-state index contributed by atoms with van der Waals surface area (Å²) < 4.78 is 0. The monoisotopic (exact) mass is 240 g/mol. The Hall–Kier alpha value is -0.0800. The summed E-state index contributed by atoms with van der Waals surface area (Å²) in [4.78, 5) is 0. The van der Waals surface area contributed by atoms with Gasteiger partial charge in [-0.25, -0.2) is 0 Å². The third kappa shape index (κ3) is 10.8. The predicted molar refractivity (Wildman–Crippen MR) is 76.5 cm³/mol. The van der Waals surface area contributed by atoms with Gasteiger partial charge in [0.1, 0.15) is 0 Å². The highest BCUT2D eigenvalue weighted by Crippen LogP contribution is 2.17. The van der Waals surface area contributed by atoms with Crippen LogP contribution in [-0.2, 0) is 0 Å². The Bertz CT molecular complexity index is 155. The van der Waals surface area contributed by atoms with E-state index in [1.54, 1.807) is 0 Å². The molecule has 17 heavy (non-hydrogen) atoms. The summed E-state index contributed by atoms with van der Waals surface area (Å²) in [6.45, 7) is 5.79. The standard InChI is InChI=1S/C15H32N2/c1-2-3-4-5-6-7-8-9-12-16-13-14-17-15-10-11-15/h15-17H,2-14H2,1H3. The van der Waals surface area contributed by atoms with E-state index in [2.05, 4.69) is 17.6 Å². The van der Waals surface area contributed by atoms with Gasteiger partial charge >= 0.3 is 0 Å². The van der Waals surface area contributed by atoms with Crippen molar-refractivity contribution in [1.29, 1.82) is 0 Å². The maximum absolute atomic E-state index is 3.52. The molecule has 0 aromatic heterocycles. The molecule has 0 radical (unpaired) electrons. The lowest BCUT2D eigenvalue weighted by atomic mass is 10.1. The fourth-order valence-corrected chi connectivity index (χ4v) is 2.16. The van der Waals surface area contributed by atoms with Gasteiger partial charge in [-0.1, -0.05) is 51.9 Å². The van der Waals surface area contributed by atoms with Gasteiger partial charge < -0.3 is 10.6 Å². The summed E-state index contributed by atoms with van der Waals surface area (Å²) in [6, 6.07) is 0.861. The Balaban J connectivity index is 1.61. The number of unbranched alkanes of at least 4 members (excludes halogenated alkanes) is 7. The van der Waals surface area contributed by atoms with Gasteiger partial charge in [0.2, 0.25) is 0 Å². The van der Waals surface area contributed by atoms with Crippen LogP contribution in [0.3, 0.4) is 0 Å². The minimum atomic E-state index is 0.861. The first-order valence-corrected chi connectivity index (χ1v) is 7.87. The highest BCUT2D eigenvalue weighted by molar-refractivity contribution is 4.80. The Labute approximate surface area is 108 Å². The van der Waals surface area contributed by atoms with E-state index >= 15 is 0 Å². The van der Waals surface area contributed by atoms with E-state index in [9.17, 15) is 0 Å². The molecule has 2 nitrogen and oxygen atoms in total. The molecule has 0 saturated heterocycles. The van der Waals surface area contributed by atoms with Gasteiger partial charge in [-0.2, -0.15) is 0 Å². The van der Waals surface area contributed by atoms with Gasteiger partial charge in [0.25, 0.3) is 0 Å². The highest BCUT2D eigenvalue weighted by Gasteiger charge is 2.19. The topological polar surface area (TPSA) is 24.1 Å². The average molecular weight is 240 g/mol. The van der Waals surface area contributed by atoms with Crippen LogP contribution in [0.2, 0.25) is 0 Å². The largest absolute Gasteiger partial charge is 0.315 e. The van der Waals surface area contributed by atoms with Crippen LogP contribution >= 0.6 is 0 Å². The molecule has 0 spiro atoms. The summed E-state index contributed by atoms with van der Waals surface area (Å²) in [6.07, 6.45) is 14.1. The van der Waals surface area contributed by atoms with Crippen LogP contribution in [0, 0.1) is 0 Å². The molecule has 0 unspecified atom stereocenters. The van der Waals surface area contributed by atoms with Crippen molar-refractivity contribution in [3.05, 3.63) is 0 Å². The molecule has 1 rings (SSSR count). The van der Waals surface area contributed by atoms with Crippen LogP contribution < -0.4 is 10.6 Å². The summed E-state index contributed by atoms with van der Waals surface area (Å²) in [5.74, 6) is 0. The first-order valence-electron chi connectivity index (χ1n) is 7.87. The van der Waals surface area contributed by atoms with E-state index in [1.807, 2.05) is 0 Å². The molecule has 0 aliphatic heterocycles. The molecule has 2 heteroatoms. The Morgan fingerprint density at radius 1 is 0.765 bits per heavy atom. The lowest BCUT2D eigenvalue weighted by molar-refractivity contribution is 0.546. The first-order chi connectivity index (χ1) is 8.43. The van der Waals surface area contributed by atoms with Gasteiger partial charge in [-0.15, -0.1) is 0 Å². The molecular weight excluding hydrogens is 208 g/mol. The Kier molecular flexibility index (Phi) is 9.72. The zero-order valence-electron chi connectivity index (χ0n) is 11.8. The van der Waals surface area contributed by atoms with E-state index in [0.29, 0.717) is 0 Å². The van der Waals surface area contributed by atoms with Crippen molar-refractivity contribution in [3.8, 4) is 0 Å². The first kappa shape index (κ1) is 15.0. The zero-order valence-corrected chi connectivity index (χ0v) is 11.8. The number of hydrogen-bond acceptors (Lipinski definition) is 2. The zero-order chi connectivity index (χ0) is 12.2. The van der Waals surface area contributed by atoms with Gasteiger partial charge in [0.05, 0.1) is 0 Å². The van der Waals surface area contributed by atoms with Gasteiger partial charge in [-0.05, 0) is 25.8 Å². The van der Waals surface area contributed by atoms with Crippen molar-refractivity contribution >= 4 is 0 Å². The summed E-state index contributed by atoms with van der Waals surface area (Å²) >= 11 is 0. The SMILES string of the molecule is CCCCCCCCCCNCCNC1CC1. The molecule has 0 aromatic carbocycles. The van der Waals surface area contributed by atoms with E-state index in [0.717, 1.165) is 19.1 Å². The molecule has 0 atom stereocenters. The molecule has 0 heterocycles. The molecule has 102 valence electrons. The van der Waals surface area contributed by atoms with Crippen molar-refractivity contribution in [2.24, 2.45) is 0 Å². The number of rotatable bonds is 13. The minimum Gasteiger partial charge on any atom is -0.315 e. The van der Waals surface area contributed by atoms with Crippen molar-refractivity contribution in [1.82, 2.24) is 10.6 Å². The molecule has 0 bridgehead atoms. The average Bonchev–Trinajstić information content (AvgIpc) is 3.15. The number of hydrogen-bond donors (Lipinski definition) is 2. The van der Waals surface area contributed by atoms with Gasteiger partial charge in [0, 0.05) is 19.1 Å². The van der Waals surface area contributed by atoms with E-state index in [1.165, 1.54) is 70.8 Å².